The first-order chi connectivity index (χ1) is 10.4. The summed E-state index contributed by atoms with van der Waals surface area (Å²) in [5, 5.41) is 2.31. The second kappa shape index (κ2) is 6.50. The number of rotatable bonds is 5. The Labute approximate surface area is 125 Å². The Hall–Kier alpha value is -2.51. The Morgan fingerprint density at radius 3 is 2.64 bits per heavy atom. The quantitative estimate of drug-likeness (QED) is 0.839. The van der Waals surface area contributed by atoms with Crippen LogP contribution in [-0.2, 0) is 9.59 Å². The molecule has 0 spiro atoms. The SMILES string of the molecule is CN1CC(=O)N(CCCC(=O)Nc2ccc(F)cc2F)C1=O. The fourth-order valence-electron chi connectivity index (χ4n) is 2.09. The molecule has 1 aliphatic rings. The van der Waals surface area contributed by atoms with Gasteiger partial charge in [-0.2, -0.15) is 0 Å². The van der Waals surface area contributed by atoms with Crippen LogP contribution in [0.5, 0.6) is 0 Å². The number of amides is 4. The van der Waals surface area contributed by atoms with Crippen molar-refractivity contribution in [2.45, 2.75) is 12.8 Å². The van der Waals surface area contributed by atoms with Gasteiger partial charge in [-0.3, -0.25) is 14.5 Å². The topological polar surface area (TPSA) is 69.7 Å². The lowest BCUT2D eigenvalue weighted by Crippen LogP contribution is -2.32. The molecule has 1 heterocycles. The van der Waals surface area contributed by atoms with Crippen LogP contribution in [0.3, 0.4) is 0 Å². The summed E-state index contributed by atoms with van der Waals surface area (Å²) in [6, 6.07) is 2.45. The molecule has 1 aliphatic heterocycles. The minimum absolute atomic E-state index is 0.0115. The van der Waals surface area contributed by atoms with Gasteiger partial charge in [0, 0.05) is 26.1 Å². The molecule has 1 fully saturated rings. The maximum Gasteiger partial charge on any atom is 0.326 e. The van der Waals surface area contributed by atoms with Gasteiger partial charge in [0.25, 0.3) is 0 Å². The van der Waals surface area contributed by atoms with Crippen molar-refractivity contribution in [3.63, 3.8) is 0 Å². The number of hydrogen-bond donors (Lipinski definition) is 1. The fourth-order valence-corrected chi connectivity index (χ4v) is 2.09. The molecule has 0 radical (unpaired) electrons. The van der Waals surface area contributed by atoms with E-state index in [2.05, 4.69) is 5.32 Å². The van der Waals surface area contributed by atoms with Gasteiger partial charge >= 0.3 is 6.03 Å². The second-order valence-electron chi connectivity index (χ2n) is 4.96. The van der Waals surface area contributed by atoms with E-state index in [9.17, 15) is 23.2 Å². The molecule has 4 amide bonds. The first kappa shape index (κ1) is 15.9. The molecule has 118 valence electrons. The summed E-state index contributed by atoms with van der Waals surface area (Å²) in [6.07, 6.45) is 0.275. The van der Waals surface area contributed by atoms with Crippen LogP contribution >= 0.6 is 0 Å². The Morgan fingerprint density at radius 2 is 2.05 bits per heavy atom. The van der Waals surface area contributed by atoms with E-state index in [1.54, 1.807) is 0 Å². The van der Waals surface area contributed by atoms with Crippen LogP contribution < -0.4 is 5.32 Å². The number of urea groups is 1. The van der Waals surface area contributed by atoms with E-state index < -0.39 is 23.6 Å². The van der Waals surface area contributed by atoms with Gasteiger partial charge in [-0.05, 0) is 18.6 Å². The van der Waals surface area contributed by atoms with E-state index in [1.165, 1.54) is 11.9 Å². The molecule has 0 aliphatic carbocycles. The van der Waals surface area contributed by atoms with Crippen LogP contribution in [0.15, 0.2) is 18.2 Å². The van der Waals surface area contributed by atoms with Crippen LogP contribution in [0.2, 0.25) is 0 Å². The van der Waals surface area contributed by atoms with Gasteiger partial charge < -0.3 is 10.2 Å². The number of halogens is 2. The number of nitrogens with zero attached hydrogens (tertiary/aromatic N) is 2. The molecule has 0 bridgehead atoms. The summed E-state index contributed by atoms with van der Waals surface area (Å²) in [5.74, 6) is -2.37. The summed E-state index contributed by atoms with van der Waals surface area (Å²) in [5.41, 5.74) is -0.112. The van der Waals surface area contributed by atoms with Crippen molar-refractivity contribution in [2.75, 3.05) is 25.5 Å². The third-order valence-corrected chi connectivity index (χ3v) is 3.22. The van der Waals surface area contributed by atoms with E-state index in [0.29, 0.717) is 6.07 Å². The summed E-state index contributed by atoms with van der Waals surface area (Å²) >= 11 is 0. The highest BCUT2D eigenvalue weighted by molar-refractivity contribution is 6.01. The monoisotopic (exact) mass is 311 g/mol. The normalized spacial score (nSPS) is 14.7. The molecule has 6 nitrogen and oxygen atoms in total. The van der Waals surface area contributed by atoms with Gasteiger partial charge in [0.05, 0.1) is 5.69 Å². The lowest BCUT2D eigenvalue weighted by atomic mass is 10.2. The molecule has 0 atom stereocenters. The highest BCUT2D eigenvalue weighted by Gasteiger charge is 2.32. The van der Waals surface area contributed by atoms with Crippen LogP contribution in [0.1, 0.15) is 12.8 Å². The molecular formula is C14H15F2N3O3. The number of likely N-dealkylation sites (N-methyl/N-ethyl adjacent to an activating group) is 1. The molecule has 0 aromatic heterocycles. The lowest BCUT2D eigenvalue weighted by Gasteiger charge is -2.13. The number of nitrogens with one attached hydrogen (secondary N) is 1. The average Bonchev–Trinajstić information content (AvgIpc) is 2.68. The Balaban J connectivity index is 1.81. The molecule has 1 saturated heterocycles. The Morgan fingerprint density at radius 1 is 1.32 bits per heavy atom. The summed E-state index contributed by atoms with van der Waals surface area (Å²) in [4.78, 5) is 37.2. The minimum atomic E-state index is -0.861. The van der Waals surface area contributed by atoms with Crippen LogP contribution in [0.4, 0.5) is 19.3 Å². The van der Waals surface area contributed by atoms with Crippen molar-refractivity contribution in [2.24, 2.45) is 0 Å². The third kappa shape index (κ3) is 3.57. The van der Waals surface area contributed by atoms with Crippen molar-refractivity contribution < 1.29 is 23.2 Å². The number of imide groups is 1. The maximum absolute atomic E-state index is 13.4. The standard InChI is InChI=1S/C14H15F2N3O3/c1-18-8-13(21)19(14(18)22)6-2-3-12(20)17-11-5-4-9(15)7-10(11)16/h4-5,7H,2-3,6,8H2,1H3,(H,17,20). The largest absolute Gasteiger partial charge is 0.326 e. The van der Waals surface area contributed by atoms with E-state index >= 15 is 0 Å². The van der Waals surface area contributed by atoms with E-state index in [0.717, 1.165) is 17.0 Å². The zero-order valence-electron chi connectivity index (χ0n) is 11.9. The van der Waals surface area contributed by atoms with Crippen molar-refractivity contribution >= 4 is 23.5 Å². The van der Waals surface area contributed by atoms with Gasteiger partial charge in [0.15, 0.2) is 0 Å². The lowest BCUT2D eigenvalue weighted by molar-refractivity contribution is -0.125. The number of benzene rings is 1. The molecule has 0 unspecified atom stereocenters. The minimum Gasteiger partial charge on any atom is -0.324 e. The number of carbonyl (C=O) groups is 3. The molecular weight excluding hydrogens is 296 g/mol. The second-order valence-corrected chi connectivity index (χ2v) is 4.96. The third-order valence-electron chi connectivity index (χ3n) is 3.22. The smallest absolute Gasteiger partial charge is 0.324 e. The van der Waals surface area contributed by atoms with Gasteiger partial charge in [0.2, 0.25) is 11.8 Å². The average molecular weight is 311 g/mol. The molecule has 0 saturated carbocycles. The van der Waals surface area contributed by atoms with Crippen molar-refractivity contribution in [3.05, 3.63) is 29.8 Å². The molecule has 2 rings (SSSR count). The van der Waals surface area contributed by atoms with Crippen LogP contribution in [0.25, 0.3) is 0 Å². The predicted molar refractivity (Wildman–Crippen MR) is 74.0 cm³/mol. The highest BCUT2D eigenvalue weighted by Crippen LogP contribution is 2.15. The molecule has 22 heavy (non-hydrogen) atoms. The molecule has 1 aromatic carbocycles. The molecule has 8 heteroatoms. The molecule has 1 aromatic rings. The number of hydrogen-bond acceptors (Lipinski definition) is 3. The summed E-state index contributed by atoms with van der Waals surface area (Å²) in [7, 11) is 1.52. The zero-order valence-corrected chi connectivity index (χ0v) is 11.9. The fraction of sp³-hybridized carbons (Fsp3) is 0.357. The number of anilines is 1. The van der Waals surface area contributed by atoms with Gasteiger partial charge in [0.1, 0.15) is 18.2 Å². The van der Waals surface area contributed by atoms with Crippen molar-refractivity contribution in [1.82, 2.24) is 9.80 Å². The van der Waals surface area contributed by atoms with Crippen molar-refractivity contribution in [1.29, 1.82) is 0 Å². The molecule has 1 N–H and O–H groups in total. The van der Waals surface area contributed by atoms with Crippen LogP contribution in [0, 0.1) is 11.6 Å². The first-order valence-corrected chi connectivity index (χ1v) is 6.69. The maximum atomic E-state index is 13.4. The van der Waals surface area contributed by atoms with Gasteiger partial charge in [-0.25, -0.2) is 13.6 Å². The van der Waals surface area contributed by atoms with E-state index in [4.69, 9.17) is 0 Å². The summed E-state index contributed by atoms with van der Waals surface area (Å²) < 4.78 is 26.1. The number of carbonyl (C=O) groups excluding carboxylic acids is 3. The van der Waals surface area contributed by atoms with Crippen molar-refractivity contribution in [3.8, 4) is 0 Å². The Kier molecular flexibility index (Phi) is 4.69. The Bertz CT molecular complexity index is 621. The summed E-state index contributed by atoms with van der Waals surface area (Å²) in [6.45, 7) is 0.160. The van der Waals surface area contributed by atoms with E-state index in [-0.39, 0.29) is 37.5 Å². The zero-order chi connectivity index (χ0) is 16.3. The van der Waals surface area contributed by atoms with Gasteiger partial charge in [-0.15, -0.1) is 0 Å². The van der Waals surface area contributed by atoms with Gasteiger partial charge in [-0.1, -0.05) is 0 Å². The van der Waals surface area contributed by atoms with Crippen LogP contribution in [-0.4, -0.2) is 47.8 Å². The first-order valence-electron chi connectivity index (χ1n) is 6.69. The predicted octanol–water partition coefficient (Wildman–Crippen LogP) is 1.58. The van der Waals surface area contributed by atoms with E-state index in [1.807, 2.05) is 0 Å². The highest BCUT2D eigenvalue weighted by atomic mass is 19.1.